The van der Waals surface area contributed by atoms with Gasteiger partial charge in [-0.25, -0.2) is 10.1 Å². The first kappa shape index (κ1) is 10.9. The van der Waals surface area contributed by atoms with Gasteiger partial charge in [0.25, 0.3) is 0 Å². The van der Waals surface area contributed by atoms with Crippen molar-refractivity contribution in [3.8, 4) is 0 Å². The molecule has 0 amide bonds. The number of hydrogen-bond acceptors (Lipinski definition) is 3. The van der Waals surface area contributed by atoms with Crippen LogP contribution in [0.15, 0.2) is 0 Å². The molecule has 3 nitrogen and oxygen atoms in total. The summed E-state index contributed by atoms with van der Waals surface area (Å²) in [5, 5.41) is 8.33. The Bertz CT molecular complexity index is 99.5. The lowest BCUT2D eigenvalue weighted by atomic mass is 10.1. The lowest BCUT2D eigenvalue weighted by Gasteiger charge is -2.21. The van der Waals surface area contributed by atoms with Gasteiger partial charge in [0.2, 0.25) is 0 Å². The summed E-state index contributed by atoms with van der Waals surface area (Å²) in [7, 11) is 0. The second-order valence-corrected chi connectivity index (χ2v) is 3.52. The molecule has 1 N–H and O–H groups in total. The van der Waals surface area contributed by atoms with Gasteiger partial charge in [-0.05, 0) is 26.2 Å². The highest BCUT2D eigenvalue weighted by atomic mass is 17.1. The molecule has 11 heavy (non-hydrogen) atoms. The van der Waals surface area contributed by atoms with E-state index < -0.39 is 5.79 Å². The lowest BCUT2D eigenvalue weighted by molar-refractivity contribution is -0.390. The molecule has 0 bridgehead atoms. The van der Waals surface area contributed by atoms with Gasteiger partial charge < -0.3 is 4.74 Å². The molecule has 0 saturated carbocycles. The fraction of sp³-hybridized carbons (Fsp3) is 1.00. The van der Waals surface area contributed by atoms with Crippen LogP contribution in [0, 0.1) is 5.92 Å². The van der Waals surface area contributed by atoms with E-state index >= 15 is 0 Å². The Balaban J connectivity index is 3.38. The molecule has 0 aliphatic carbocycles. The second kappa shape index (κ2) is 4.70. The lowest BCUT2D eigenvalue weighted by Crippen LogP contribution is -2.27. The zero-order valence-corrected chi connectivity index (χ0v) is 7.76. The van der Waals surface area contributed by atoms with E-state index in [1.165, 1.54) is 0 Å². The molecule has 0 aliphatic heterocycles. The van der Waals surface area contributed by atoms with Crippen molar-refractivity contribution in [1.82, 2.24) is 0 Å². The molecule has 0 spiro atoms. The first-order valence-corrected chi connectivity index (χ1v) is 3.94. The summed E-state index contributed by atoms with van der Waals surface area (Å²) in [5.41, 5.74) is 0. The Labute approximate surface area is 68.2 Å². The summed E-state index contributed by atoms with van der Waals surface area (Å²) in [6.45, 7) is 8.21. The van der Waals surface area contributed by atoms with Gasteiger partial charge in [0.15, 0.2) is 5.79 Å². The van der Waals surface area contributed by atoms with Gasteiger partial charge >= 0.3 is 0 Å². The van der Waals surface area contributed by atoms with Crippen molar-refractivity contribution in [3.05, 3.63) is 0 Å². The third kappa shape index (κ3) is 6.28. The molecule has 0 heterocycles. The minimum atomic E-state index is -0.866. The van der Waals surface area contributed by atoms with Crippen LogP contribution in [-0.4, -0.2) is 17.7 Å². The molecular weight excluding hydrogens is 144 g/mol. The summed E-state index contributed by atoms with van der Waals surface area (Å²) in [6.07, 6.45) is 0.979. The molecule has 0 unspecified atom stereocenters. The molecule has 0 saturated heterocycles. The van der Waals surface area contributed by atoms with E-state index in [1.54, 1.807) is 13.8 Å². The minimum absolute atomic E-state index is 0.615. The first-order chi connectivity index (χ1) is 4.98. The summed E-state index contributed by atoms with van der Waals surface area (Å²) in [5.74, 6) is -0.251. The Morgan fingerprint density at radius 1 is 1.36 bits per heavy atom. The van der Waals surface area contributed by atoms with Gasteiger partial charge in [-0.15, -0.1) is 0 Å². The van der Waals surface area contributed by atoms with Crippen molar-refractivity contribution in [2.45, 2.75) is 39.9 Å². The molecule has 0 aromatic heterocycles. The molecule has 0 fully saturated rings. The minimum Gasteiger partial charge on any atom is -0.348 e. The fourth-order valence-electron chi connectivity index (χ4n) is 0.567. The van der Waals surface area contributed by atoms with Crippen LogP contribution >= 0.6 is 0 Å². The normalized spacial score (nSPS) is 12.5. The average molecular weight is 162 g/mol. The molecule has 0 aromatic carbocycles. The largest absolute Gasteiger partial charge is 0.348 e. The first-order valence-electron chi connectivity index (χ1n) is 3.94. The quantitative estimate of drug-likeness (QED) is 0.383. The maximum atomic E-state index is 8.33. The highest BCUT2D eigenvalue weighted by molar-refractivity contribution is 4.51. The van der Waals surface area contributed by atoms with E-state index in [1.807, 2.05) is 0 Å². The van der Waals surface area contributed by atoms with Crippen LogP contribution in [0.4, 0.5) is 0 Å². The van der Waals surface area contributed by atoms with Crippen molar-refractivity contribution in [2.24, 2.45) is 5.92 Å². The average Bonchev–Trinajstić information content (AvgIpc) is 1.87. The third-order valence-corrected chi connectivity index (χ3v) is 1.36. The van der Waals surface area contributed by atoms with Crippen molar-refractivity contribution < 1.29 is 14.9 Å². The van der Waals surface area contributed by atoms with Crippen molar-refractivity contribution in [2.75, 3.05) is 6.61 Å². The fourth-order valence-corrected chi connectivity index (χ4v) is 0.567. The SMILES string of the molecule is CC(C)CCOC(C)(C)OO. The van der Waals surface area contributed by atoms with Gasteiger partial charge in [0.05, 0.1) is 6.61 Å². The number of hydrogen-bond donors (Lipinski definition) is 1. The van der Waals surface area contributed by atoms with E-state index in [-0.39, 0.29) is 0 Å². The zero-order valence-electron chi connectivity index (χ0n) is 7.76. The molecule has 0 aromatic rings. The van der Waals surface area contributed by atoms with Crippen molar-refractivity contribution in [1.29, 1.82) is 0 Å². The molecule has 0 radical (unpaired) electrons. The molecule has 0 rings (SSSR count). The van der Waals surface area contributed by atoms with E-state index in [0.717, 1.165) is 6.42 Å². The summed E-state index contributed by atoms with van der Waals surface area (Å²) in [4.78, 5) is 4.10. The van der Waals surface area contributed by atoms with Gasteiger partial charge in [-0.2, -0.15) is 0 Å². The van der Waals surface area contributed by atoms with Gasteiger partial charge in [0, 0.05) is 0 Å². The highest BCUT2D eigenvalue weighted by Gasteiger charge is 2.18. The Hall–Kier alpha value is -0.120. The summed E-state index contributed by atoms with van der Waals surface area (Å²) >= 11 is 0. The smallest absolute Gasteiger partial charge is 0.195 e. The Morgan fingerprint density at radius 3 is 2.27 bits per heavy atom. The second-order valence-electron chi connectivity index (χ2n) is 3.52. The Kier molecular flexibility index (Phi) is 4.65. The van der Waals surface area contributed by atoms with Crippen LogP contribution in [0.5, 0.6) is 0 Å². The van der Waals surface area contributed by atoms with Crippen LogP contribution in [0.2, 0.25) is 0 Å². The molecule has 68 valence electrons. The van der Waals surface area contributed by atoms with Crippen LogP contribution in [0.25, 0.3) is 0 Å². The number of ether oxygens (including phenoxy) is 1. The van der Waals surface area contributed by atoms with E-state index in [4.69, 9.17) is 9.99 Å². The van der Waals surface area contributed by atoms with Crippen molar-refractivity contribution in [3.63, 3.8) is 0 Å². The Morgan fingerprint density at radius 2 is 1.91 bits per heavy atom. The highest BCUT2D eigenvalue weighted by Crippen LogP contribution is 2.10. The molecule has 3 heteroatoms. The number of rotatable bonds is 5. The maximum Gasteiger partial charge on any atom is 0.195 e. The summed E-state index contributed by atoms with van der Waals surface area (Å²) in [6, 6.07) is 0. The summed E-state index contributed by atoms with van der Waals surface area (Å²) < 4.78 is 5.22. The standard InChI is InChI=1S/C8H18O3/c1-7(2)5-6-10-8(3,4)11-9/h7,9H,5-6H2,1-4H3. The van der Waals surface area contributed by atoms with Crippen LogP contribution in [-0.2, 0) is 9.62 Å². The predicted molar refractivity (Wildman–Crippen MR) is 43.2 cm³/mol. The topological polar surface area (TPSA) is 38.7 Å². The predicted octanol–water partition coefficient (Wildman–Crippen LogP) is 2.27. The monoisotopic (exact) mass is 162 g/mol. The van der Waals surface area contributed by atoms with Crippen LogP contribution < -0.4 is 0 Å². The molecule has 0 atom stereocenters. The van der Waals surface area contributed by atoms with E-state index in [9.17, 15) is 0 Å². The molecule has 0 aliphatic rings. The van der Waals surface area contributed by atoms with Crippen LogP contribution in [0.3, 0.4) is 0 Å². The zero-order chi connectivity index (χ0) is 8.91. The van der Waals surface area contributed by atoms with Crippen molar-refractivity contribution >= 4 is 0 Å². The third-order valence-electron chi connectivity index (χ3n) is 1.36. The van der Waals surface area contributed by atoms with E-state index in [2.05, 4.69) is 18.7 Å². The van der Waals surface area contributed by atoms with Gasteiger partial charge in [-0.3, -0.25) is 0 Å². The maximum absolute atomic E-state index is 8.33. The van der Waals surface area contributed by atoms with Gasteiger partial charge in [0.1, 0.15) is 0 Å². The van der Waals surface area contributed by atoms with E-state index in [0.29, 0.717) is 12.5 Å². The molecular formula is C8H18O3. The van der Waals surface area contributed by atoms with Crippen LogP contribution in [0.1, 0.15) is 34.1 Å². The van der Waals surface area contributed by atoms with Gasteiger partial charge in [-0.1, -0.05) is 13.8 Å².